The number of carbonyl (C=O) groups is 3. The summed E-state index contributed by atoms with van der Waals surface area (Å²) in [5, 5.41) is 10.7. The first kappa shape index (κ1) is 22.8. The van der Waals surface area contributed by atoms with E-state index < -0.39 is 11.8 Å². The molecule has 4 nitrogen and oxygen atoms in total. The molecule has 158 valence electrons. The van der Waals surface area contributed by atoms with E-state index in [2.05, 4.69) is 6.92 Å². The van der Waals surface area contributed by atoms with Crippen LogP contribution in [0.1, 0.15) is 98.8 Å². The molecule has 1 fully saturated rings. The van der Waals surface area contributed by atoms with Crippen molar-refractivity contribution in [3.63, 3.8) is 0 Å². The van der Waals surface area contributed by atoms with Crippen molar-refractivity contribution in [2.45, 2.75) is 98.8 Å². The van der Waals surface area contributed by atoms with E-state index in [9.17, 15) is 19.5 Å². The average molecular weight is 391 g/mol. The van der Waals surface area contributed by atoms with E-state index in [1.54, 1.807) is 0 Å². The lowest BCUT2D eigenvalue weighted by Gasteiger charge is -2.38. The van der Waals surface area contributed by atoms with Crippen LogP contribution in [0.3, 0.4) is 0 Å². The highest BCUT2D eigenvalue weighted by molar-refractivity contribution is 6.08. The summed E-state index contributed by atoms with van der Waals surface area (Å²) < 4.78 is 0. The molecule has 2 aliphatic carbocycles. The predicted molar refractivity (Wildman–Crippen MR) is 111 cm³/mol. The number of rotatable bonds is 8. The minimum absolute atomic E-state index is 0.0576. The van der Waals surface area contributed by atoms with Gasteiger partial charge in [-0.15, -0.1) is 0 Å². The number of unbranched alkanes of at least 4 members (excludes halogenated alkanes) is 4. The lowest BCUT2D eigenvalue weighted by atomic mass is 9.63. The molecule has 0 saturated heterocycles. The lowest BCUT2D eigenvalue weighted by Crippen LogP contribution is -2.44. The third-order valence-corrected chi connectivity index (χ3v) is 6.29. The van der Waals surface area contributed by atoms with E-state index >= 15 is 0 Å². The molecule has 1 unspecified atom stereocenters. The largest absolute Gasteiger partial charge is 0.512 e. The Labute approximate surface area is 170 Å². The molecule has 0 aliphatic heterocycles. The second kappa shape index (κ2) is 8.92. The standard InChI is InChI=1S/C24H38O4/c1-6-7-8-9-10-11-16(21-17(25)12-23(2,3)13-18(21)26)22-19(27)14-24(4,5)15-20(22)28/h16,21,27H,6-15H2,1-5H3. The van der Waals surface area contributed by atoms with Gasteiger partial charge in [-0.2, -0.15) is 0 Å². The first-order valence-electron chi connectivity index (χ1n) is 11.0. The number of Topliss-reactive ketones (excluding diaryl/α,β-unsaturated/α-hetero) is 3. The number of ketones is 3. The van der Waals surface area contributed by atoms with Crippen molar-refractivity contribution in [1.29, 1.82) is 0 Å². The normalized spacial score (nSPS) is 24.0. The summed E-state index contributed by atoms with van der Waals surface area (Å²) in [6.07, 6.45) is 7.48. The molecule has 0 bridgehead atoms. The van der Waals surface area contributed by atoms with Gasteiger partial charge in [0.15, 0.2) is 5.78 Å². The Morgan fingerprint density at radius 3 is 1.93 bits per heavy atom. The van der Waals surface area contributed by atoms with E-state index in [0.717, 1.165) is 25.7 Å². The zero-order valence-corrected chi connectivity index (χ0v) is 18.4. The number of hydrogen-bond acceptors (Lipinski definition) is 4. The van der Waals surface area contributed by atoms with Crippen LogP contribution in [0.5, 0.6) is 0 Å². The van der Waals surface area contributed by atoms with Crippen LogP contribution in [0, 0.1) is 22.7 Å². The van der Waals surface area contributed by atoms with Crippen LogP contribution >= 0.6 is 0 Å². The van der Waals surface area contributed by atoms with Crippen LogP contribution in [0.25, 0.3) is 0 Å². The lowest BCUT2D eigenvalue weighted by molar-refractivity contribution is -0.141. The first-order chi connectivity index (χ1) is 13.0. The summed E-state index contributed by atoms with van der Waals surface area (Å²) in [5.74, 6) is -1.32. The molecule has 1 saturated carbocycles. The van der Waals surface area contributed by atoms with Crippen molar-refractivity contribution < 1.29 is 19.5 Å². The van der Waals surface area contributed by atoms with Crippen LogP contribution in [-0.2, 0) is 14.4 Å². The first-order valence-corrected chi connectivity index (χ1v) is 11.0. The maximum absolute atomic E-state index is 12.9. The second-order valence-electron chi connectivity index (χ2n) is 10.5. The Balaban J connectivity index is 2.31. The molecule has 0 heterocycles. The van der Waals surface area contributed by atoms with Crippen LogP contribution in [0.15, 0.2) is 11.3 Å². The second-order valence-corrected chi connectivity index (χ2v) is 10.5. The fourth-order valence-corrected chi connectivity index (χ4v) is 5.02. The quantitative estimate of drug-likeness (QED) is 0.424. The van der Waals surface area contributed by atoms with Gasteiger partial charge < -0.3 is 5.11 Å². The zero-order valence-electron chi connectivity index (χ0n) is 18.4. The topological polar surface area (TPSA) is 71.4 Å². The van der Waals surface area contributed by atoms with Crippen LogP contribution in [0.4, 0.5) is 0 Å². The molecule has 0 amide bonds. The van der Waals surface area contributed by atoms with Gasteiger partial charge in [-0.05, 0) is 17.3 Å². The maximum atomic E-state index is 12.9. The monoisotopic (exact) mass is 390 g/mol. The Morgan fingerprint density at radius 1 is 0.857 bits per heavy atom. The van der Waals surface area contributed by atoms with Crippen LogP contribution in [0.2, 0.25) is 0 Å². The SMILES string of the molecule is CCCCCCCC(C1=C(O)CC(C)(C)CC1=O)C1C(=O)CC(C)(C)CC1=O. The minimum Gasteiger partial charge on any atom is -0.512 e. The highest BCUT2D eigenvalue weighted by Gasteiger charge is 2.47. The number of hydrogen-bond donors (Lipinski definition) is 1. The summed E-state index contributed by atoms with van der Waals surface area (Å²) in [6, 6.07) is 0. The molecule has 2 rings (SSSR count). The van der Waals surface area contributed by atoms with Crippen molar-refractivity contribution in [2.24, 2.45) is 22.7 Å². The molecule has 0 spiro atoms. The summed E-state index contributed by atoms with van der Waals surface area (Å²) in [5.41, 5.74) is -0.217. The van der Waals surface area contributed by atoms with Crippen molar-refractivity contribution in [1.82, 2.24) is 0 Å². The minimum atomic E-state index is -0.762. The number of aliphatic hydroxyl groups excluding tert-OH is 1. The molecule has 4 heteroatoms. The van der Waals surface area contributed by atoms with E-state index in [0.29, 0.717) is 37.7 Å². The third kappa shape index (κ3) is 5.55. The van der Waals surface area contributed by atoms with Crippen molar-refractivity contribution in [2.75, 3.05) is 0 Å². The molecule has 2 aliphatic rings. The van der Waals surface area contributed by atoms with E-state index in [-0.39, 0.29) is 33.9 Å². The summed E-state index contributed by atoms with van der Waals surface area (Å²) in [6.45, 7) is 10.00. The molecule has 0 aromatic carbocycles. The van der Waals surface area contributed by atoms with E-state index in [1.807, 2.05) is 27.7 Å². The van der Waals surface area contributed by atoms with Crippen LogP contribution in [-0.4, -0.2) is 22.5 Å². The van der Waals surface area contributed by atoms with Gasteiger partial charge in [0.1, 0.15) is 11.6 Å². The summed E-state index contributed by atoms with van der Waals surface area (Å²) in [4.78, 5) is 38.8. The van der Waals surface area contributed by atoms with Gasteiger partial charge in [0, 0.05) is 37.2 Å². The van der Waals surface area contributed by atoms with E-state index in [4.69, 9.17) is 0 Å². The molecule has 0 radical (unpaired) electrons. The Kier molecular flexibility index (Phi) is 7.27. The smallest absolute Gasteiger partial charge is 0.163 e. The number of aliphatic hydroxyl groups is 1. The number of carbonyl (C=O) groups excluding carboxylic acids is 3. The Hall–Kier alpha value is -1.45. The van der Waals surface area contributed by atoms with Gasteiger partial charge in [-0.1, -0.05) is 66.7 Å². The summed E-state index contributed by atoms with van der Waals surface area (Å²) >= 11 is 0. The van der Waals surface area contributed by atoms with Gasteiger partial charge in [0.05, 0.1) is 11.7 Å². The molecular formula is C24H38O4. The van der Waals surface area contributed by atoms with Gasteiger partial charge in [0.25, 0.3) is 0 Å². The highest BCUT2D eigenvalue weighted by Crippen LogP contribution is 2.45. The average Bonchev–Trinajstić information content (AvgIpc) is 2.50. The van der Waals surface area contributed by atoms with Crippen LogP contribution < -0.4 is 0 Å². The van der Waals surface area contributed by atoms with Crippen molar-refractivity contribution in [3.05, 3.63) is 11.3 Å². The summed E-state index contributed by atoms with van der Waals surface area (Å²) in [7, 11) is 0. The Morgan fingerprint density at radius 2 is 1.39 bits per heavy atom. The molecule has 1 N–H and O–H groups in total. The van der Waals surface area contributed by atoms with Gasteiger partial charge in [0.2, 0.25) is 0 Å². The van der Waals surface area contributed by atoms with Crippen molar-refractivity contribution in [3.8, 4) is 0 Å². The fourth-order valence-electron chi connectivity index (χ4n) is 5.02. The van der Waals surface area contributed by atoms with Gasteiger partial charge >= 0.3 is 0 Å². The van der Waals surface area contributed by atoms with Crippen molar-refractivity contribution >= 4 is 17.3 Å². The fraction of sp³-hybridized carbons (Fsp3) is 0.792. The highest BCUT2D eigenvalue weighted by atomic mass is 16.3. The third-order valence-electron chi connectivity index (χ3n) is 6.29. The molecule has 0 aromatic rings. The maximum Gasteiger partial charge on any atom is 0.163 e. The molecule has 28 heavy (non-hydrogen) atoms. The molecular weight excluding hydrogens is 352 g/mol. The predicted octanol–water partition coefficient (Wildman–Crippen LogP) is 5.74. The van der Waals surface area contributed by atoms with Gasteiger partial charge in [-0.25, -0.2) is 0 Å². The number of allylic oxidation sites excluding steroid dienone is 2. The van der Waals surface area contributed by atoms with Gasteiger partial charge in [-0.3, -0.25) is 14.4 Å². The van der Waals surface area contributed by atoms with E-state index in [1.165, 1.54) is 6.42 Å². The zero-order chi connectivity index (χ0) is 21.1. The molecule has 1 atom stereocenters. The Bertz CT molecular complexity index is 634. The molecule has 0 aromatic heterocycles.